The zero-order valence-corrected chi connectivity index (χ0v) is 6.54. The number of carbonyl (C=O) groups excluding carboxylic acids is 1. The maximum absolute atomic E-state index is 12.1. The number of hydrogen-bond donors (Lipinski definition) is 0. The zero-order valence-electron chi connectivity index (χ0n) is 6.54. The van der Waals surface area contributed by atoms with Crippen molar-refractivity contribution in [3.8, 4) is 0 Å². The van der Waals surface area contributed by atoms with E-state index in [0.29, 0.717) is 6.29 Å². The molecule has 0 radical (unpaired) electrons. The molecule has 1 rings (SSSR count). The first-order valence-electron chi connectivity index (χ1n) is 3.38. The first-order valence-corrected chi connectivity index (χ1v) is 3.38. The zero-order chi connectivity index (χ0) is 8.69. The lowest BCUT2D eigenvalue weighted by atomic mass is 10.3. The minimum absolute atomic E-state index is 0.259. The van der Waals surface area contributed by atoms with Crippen LogP contribution < -0.4 is 0 Å². The number of carbonyl (C=O) groups is 1. The van der Waals surface area contributed by atoms with Gasteiger partial charge in [0.05, 0.1) is 6.20 Å². The summed E-state index contributed by atoms with van der Waals surface area (Å²) in [4.78, 5) is 13.4. The van der Waals surface area contributed by atoms with Gasteiger partial charge >= 0.3 is 0 Å². The second-order valence-electron chi connectivity index (χ2n) is 1.55. The highest BCUT2D eigenvalue weighted by atomic mass is 19.1. The molecule has 11 heavy (non-hydrogen) atoms. The average Bonchev–Trinajstić information content (AvgIpc) is 2.08. The van der Waals surface area contributed by atoms with Gasteiger partial charge in [-0.05, 0) is 6.07 Å². The molecule has 0 fully saturated rings. The molecular weight excluding hydrogens is 145 g/mol. The van der Waals surface area contributed by atoms with Crippen LogP contribution in [0.4, 0.5) is 4.39 Å². The summed E-state index contributed by atoms with van der Waals surface area (Å²) in [7, 11) is 0. The predicted molar refractivity (Wildman–Crippen MR) is 40.9 cm³/mol. The van der Waals surface area contributed by atoms with E-state index >= 15 is 0 Å². The number of nitrogens with zero attached hydrogens (tertiary/aromatic N) is 1. The van der Waals surface area contributed by atoms with Gasteiger partial charge in [-0.1, -0.05) is 13.8 Å². The largest absolute Gasteiger partial charge is 0.298 e. The van der Waals surface area contributed by atoms with Crippen molar-refractivity contribution < 1.29 is 9.18 Å². The smallest absolute Gasteiger partial charge is 0.151 e. The first-order chi connectivity index (χ1) is 5.33. The van der Waals surface area contributed by atoms with E-state index in [-0.39, 0.29) is 5.56 Å². The van der Waals surface area contributed by atoms with Crippen molar-refractivity contribution in [1.29, 1.82) is 0 Å². The van der Waals surface area contributed by atoms with Gasteiger partial charge in [0.15, 0.2) is 6.29 Å². The second kappa shape index (κ2) is 5.53. The van der Waals surface area contributed by atoms with Crippen molar-refractivity contribution in [2.45, 2.75) is 13.8 Å². The van der Waals surface area contributed by atoms with Gasteiger partial charge in [0.1, 0.15) is 5.82 Å². The van der Waals surface area contributed by atoms with Gasteiger partial charge in [-0.2, -0.15) is 0 Å². The van der Waals surface area contributed by atoms with Crippen LogP contribution >= 0.6 is 0 Å². The van der Waals surface area contributed by atoms with Crippen LogP contribution in [-0.2, 0) is 0 Å². The first kappa shape index (κ1) is 9.75. The molecule has 1 aromatic heterocycles. The summed E-state index contributed by atoms with van der Waals surface area (Å²) in [6.07, 6.45) is 2.90. The number of halogens is 1. The molecule has 0 bridgehead atoms. The molecule has 1 aromatic rings. The van der Waals surface area contributed by atoms with E-state index in [1.54, 1.807) is 0 Å². The molecule has 2 nitrogen and oxygen atoms in total. The van der Waals surface area contributed by atoms with Crippen LogP contribution in [-0.4, -0.2) is 11.3 Å². The van der Waals surface area contributed by atoms with Crippen molar-refractivity contribution in [1.82, 2.24) is 4.98 Å². The molecule has 0 aromatic carbocycles. The highest BCUT2D eigenvalue weighted by Gasteiger charge is 1.90. The van der Waals surface area contributed by atoms with Gasteiger partial charge < -0.3 is 0 Å². The second-order valence-corrected chi connectivity index (χ2v) is 1.55. The van der Waals surface area contributed by atoms with Crippen molar-refractivity contribution >= 4 is 6.29 Å². The Bertz CT molecular complexity index is 225. The van der Waals surface area contributed by atoms with Crippen molar-refractivity contribution in [2.24, 2.45) is 0 Å². The molecule has 0 saturated carbocycles. The average molecular weight is 155 g/mol. The Morgan fingerprint density at radius 2 is 2.09 bits per heavy atom. The lowest BCUT2D eigenvalue weighted by molar-refractivity contribution is 0.112. The molecule has 0 aliphatic rings. The Morgan fingerprint density at radius 3 is 2.45 bits per heavy atom. The highest BCUT2D eigenvalue weighted by molar-refractivity contribution is 5.73. The Labute approximate surface area is 65.1 Å². The fourth-order valence-electron chi connectivity index (χ4n) is 0.493. The van der Waals surface area contributed by atoms with E-state index in [1.165, 1.54) is 6.20 Å². The fraction of sp³-hybridized carbons (Fsp3) is 0.250. The maximum atomic E-state index is 12.1. The van der Waals surface area contributed by atoms with Crippen LogP contribution in [0.15, 0.2) is 18.5 Å². The molecule has 0 aliphatic heterocycles. The number of aldehydes is 1. The molecular formula is C8H10FNO. The van der Waals surface area contributed by atoms with Gasteiger partial charge in [0, 0.05) is 11.8 Å². The summed E-state index contributed by atoms with van der Waals surface area (Å²) in [6.45, 7) is 4.00. The molecule has 0 atom stereocenters. The van der Waals surface area contributed by atoms with Crippen molar-refractivity contribution in [2.75, 3.05) is 0 Å². The lowest BCUT2D eigenvalue weighted by Crippen LogP contribution is -1.83. The van der Waals surface area contributed by atoms with E-state index in [0.717, 1.165) is 12.3 Å². The molecule has 0 N–H and O–H groups in total. The van der Waals surface area contributed by atoms with Crippen molar-refractivity contribution in [3.63, 3.8) is 0 Å². The summed E-state index contributed by atoms with van der Waals surface area (Å²) in [5.41, 5.74) is 0.259. The fourth-order valence-corrected chi connectivity index (χ4v) is 0.493. The summed E-state index contributed by atoms with van der Waals surface area (Å²) in [5, 5.41) is 0. The van der Waals surface area contributed by atoms with E-state index in [9.17, 15) is 9.18 Å². The van der Waals surface area contributed by atoms with E-state index in [2.05, 4.69) is 4.98 Å². The minimum atomic E-state index is -0.486. The molecule has 0 amide bonds. The topological polar surface area (TPSA) is 30.0 Å². The van der Waals surface area contributed by atoms with E-state index in [4.69, 9.17) is 0 Å². The predicted octanol–water partition coefficient (Wildman–Crippen LogP) is 2.06. The Balaban J connectivity index is 0.000000461. The van der Waals surface area contributed by atoms with Gasteiger partial charge in [0.2, 0.25) is 0 Å². The van der Waals surface area contributed by atoms with Gasteiger partial charge in [0.25, 0.3) is 0 Å². The van der Waals surface area contributed by atoms with Crippen LogP contribution in [0, 0.1) is 5.82 Å². The number of hydrogen-bond acceptors (Lipinski definition) is 2. The molecule has 60 valence electrons. The normalized spacial score (nSPS) is 7.91. The number of aromatic nitrogens is 1. The number of pyridine rings is 1. The van der Waals surface area contributed by atoms with Crippen LogP contribution in [0.1, 0.15) is 24.2 Å². The molecule has 0 aliphatic carbocycles. The molecule has 0 saturated heterocycles. The third-order valence-corrected chi connectivity index (χ3v) is 0.862. The van der Waals surface area contributed by atoms with E-state index in [1.807, 2.05) is 13.8 Å². The SMILES string of the molecule is CC.O=Cc1cncc(F)c1. The Kier molecular flexibility index (Phi) is 4.90. The maximum Gasteiger partial charge on any atom is 0.151 e. The lowest BCUT2D eigenvalue weighted by Gasteiger charge is -1.86. The third kappa shape index (κ3) is 3.45. The summed E-state index contributed by atoms with van der Waals surface area (Å²) >= 11 is 0. The highest BCUT2D eigenvalue weighted by Crippen LogP contribution is 1.95. The van der Waals surface area contributed by atoms with Crippen LogP contribution in [0.25, 0.3) is 0 Å². The molecule has 0 unspecified atom stereocenters. The van der Waals surface area contributed by atoms with Crippen LogP contribution in [0.5, 0.6) is 0 Å². The molecule has 1 heterocycles. The molecule has 3 heteroatoms. The summed E-state index contributed by atoms with van der Waals surface area (Å²) in [5.74, 6) is -0.486. The van der Waals surface area contributed by atoms with E-state index < -0.39 is 5.82 Å². The van der Waals surface area contributed by atoms with Crippen LogP contribution in [0.3, 0.4) is 0 Å². The van der Waals surface area contributed by atoms with Crippen LogP contribution in [0.2, 0.25) is 0 Å². The quantitative estimate of drug-likeness (QED) is 0.581. The van der Waals surface area contributed by atoms with Crippen molar-refractivity contribution in [3.05, 3.63) is 29.8 Å². The summed E-state index contributed by atoms with van der Waals surface area (Å²) < 4.78 is 12.1. The summed E-state index contributed by atoms with van der Waals surface area (Å²) in [6, 6.07) is 1.12. The van der Waals surface area contributed by atoms with Gasteiger partial charge in [-0.15, -0.1) is 0 Å². The third-order valence-electron chi connectivity index (χ3n) is 0.862. The monoisotopic (exact) mass is 155 g/mol. The van der Waals surface area contributed by atoms with Gasteiger partial charge in [-0.25, -0.2) is 4.39 Å². The Hall–Kier alpha value is -1.25. The minimum Gasteiger partial charge on any atom is -0.298 e. The molecule has 0 spiro atoms. The Morgan fingerprint density at radius 1 is 1.45 bits per heavy atom. The van der Waals surface area contributed by atoms with Gasteiger partial charge in [-0.3, -0.25) is 9.78 Å². The number of rotatable bonds is 1. The standard InChI is InChI=1S/C6H4FNO.C2H6/c7-6-1-5(4-9)2-8-3-6;1-2/h1-4H;1-2H3.